The van der Waals surface area contributed by atoms with Crippen LogP contribution in [0, 0.1) is 0 Å². The molecule has 1 rings (SSSR count). The third kappa shape index (κ3) is 4.27. The maximum absolute atomic E-state index is 10.8. The number of pyridine rings is 1. The molecule has 0 saturated heterocycles. The fraction of sp³-hybridized carbons (Fsp3) is 0.400. The maximum atomic E-state index is 10.8. The third-order valence-corrected chi connectivity index (χ3v) is 2.25. The van der Waals surface area contributed by atoms with Gasteiger partial charge in [-0.1, -0.05) is 24.6 Å². The second-order valence-electron chi connectivity index (χ2n) is 3.26. The van der Waals surface area contributed by atoms with E-state index in [4.69, 9.17) is 17.3 Å². The van der Waals surface area contributed by atoms with Gasteiger partial charge in [0.05, 0.1) is 6.54 Å². The highest BCUT2D eigenvalue weighted by molar-refractivity contribution is 6.29. The van der Waals surface area contributed by atoms with Crippen LogP contribution < -0.4 is 5.73 Å². The number of amides is 1. The molecule has 0 aliphatic rings. The Balaban J connectivity index is 2.58. The van der Waals surface area contributed by atoms with Crippen LogP contribution >= 0.6 is 11.6 Å². The van der Waals surface area contributed by atoms with Crippen LogP contribution in [0.25, 0.3) is 0 Å². The fourth-order valence-corrected chi connectivity index (χ4v) is 1.37. The van der Waals surface area contributed by atoms with Crippen LogP contribution in [-0.4, -0.2) is 28.9 Å². The smallest absolute Gasteiger partial charge is 0.231 e. The van der Waals surface area contributed by atoms with E-state index in [9.17, 15) is 4.79 Å². The standard InChI is InChI=1S/C10H14ClN3O/c1-2-14(7-10(12)15)6-8-3-4-9(11)13-5-8/h3-5H,2,6-7H2,1H3,(H2,12,15). The lowest BCUT2D eigenvalue weighted by Gasteiger charge is -2.18. The van der Waals surface area contributed by atoms with Gasteiger partial charge in [-0.25, -0.2) is 4.98 Å². The minimum atomic E-state index is -0.321. The Morgan fingerprint density at radius 3 is 2.80 bits per heavy atom. The highest BCUT2D eigenvalue weighted by atomic mass is 35.5. The summed E-state index contributed by atoms with van der Waals surface area (Å²) in [5.74, 6) is -0.321. The van der Waals surface area contributed by atoms with Gasteiger partial charge in [-0.2, -0.15) is 0 Å². The van der Waals surface area contributed by atoms with Crippen LogP contribution in [0.4, 0.5) is 0 Å². The van der Waals surface area contributed by atoms with Gasteiger partial charge < -0.3 is 5.73 Å². The van der Waals surface area contributed by atoms with Crippen molar-refractivity contribution >= 4 is 17.5 Å². The summed E-state index contributed by atoms with van der Waals surface area (Å²) in [6, 6.07) is 3.62. The van der Waals surface area contributed by atoms with Crippen molar-refractivity contribution in [1.82, 2.24) is 9.88 Å². The Kier molecular flexibility index (Phi) is 4.52. The van der Waals surface area contributed by atoms with E-state index in [-0.39, 0.29) is 12.5 Å². The molecule has 0 aliphatic carbocycles. The number of halogens is 1. The van der Waals surface area contributed by atoms with Crippen molar-refractivity contribution in [2.24, 2.45) is 5.73 Å². The van der Waals surface area contributed by atoms with Gasteiger partial charge in [0.2, 0.25) is 5.91 Å². The molecule has 0 bridgehead atoms. The average molecular weight is 228 g/mol. The molecular weight excluding hydrogens is 214 g/mol. The Bertz CT molecular complexity index is 326. The molecule has 5 heteroatoms. The first-order chi connectivity index (χ1) is 7.11. The average Bonchev–Trinajstić information content (AvgIpc) is 2.19. The zero-order valence-corrected chi connectivity index (χ0v) is 9.37. The number of nitrogens with zero attached hydrogens (tertiary/aromatic N) is 2. The molecule has 0 radical (unpaired) electrons. The molecule has 82 valence electrons. The lowest BCUT2D eigenvalue weighted by molar-refractivity contribution is -0.119. The third-order valence-electron chi connectivity index (χ3n) is 2.02. The molecule has 0 atom stereocenters. The van der Waals surface area contributed by atoms with Crippen LogP contribution in [0.5, 0.6) is 0 Å². The number of rotatable bonds is 5. The molecule has 0 fully saturated rings. The topological polar surface area (TPSA) is 59.2 Å². The number of aromatic nitrogens is 1. The first-order valence-corrected chi connectivity index (χ1v) is 5.10. The molecule has 1 amide bonds. The van der Waals surface area contributed by atoms with Crippen LogP contribution in [-0.2, 0) is 11.3 Å². The number of primary amides is 1. The zero-order valence-electron chi connectivity index (χ0n) is 8.61. The van der Waals surface area contributed by atoms with E-state index in [0.29, 0.717) is 11.7 Å². The molecule has 2 N–H and O–H groups in total. The van der Waals surface area contributed by atoms with Crippen molar-refractivity contribution in [2.45, 2.75) is 13.5 Å². The van der Waals surface area contributed by atoms with Crippen molar-refractivity contribution in [1.29, 1.82) is 0 Å². The van der Waals surface area contributed by atoms with Gasteiger partial charge in [0.1, 0.15) is 5.15 Å². The van der Waals surface area contributed by atoms with Gasteiger partial charge in [0, 0.05) is 12.7 Å². The highest BCUT2D eigenvalue weighted by Gasteiger charge is 2.06. The van der Waals surface area contributed by atoms with Crippen molar-refractivity contribution in [3.63, 3.8) is 0 Å². The predicted molar refractivity (Wildman–Crippen MR) is 59.4 cm³/mol. The number of hydrogen-bond donors (Lipinski definition) is 1. The van der Waals surface area contributed by atoms with E-state index in [1.807, 2.05) is 17.9 Å². The summed E-state index contributed by atoms with van der Waals surface area (Å²) >= 11 is 5.67. The molecule has 0 unspecified atom stereocenters. The molecule has 1 aromatic heterocycles. The fourth-order valence-electron chi connectivity index (χ4n) is 1.26. The van der Waals surface area contributed by atoms with E-state index in [1.165, 1.54) is 0 Å². The number of carbonyl (C=O) groups is 1. The van der Waals surface area contributed by atoms with Crippen LogP contribution in [0.3, 0.4) is 0 Å². The minimum Gasteiger partial charge on any atom is -0.369 e. The largest absolute Gasteiger partial charge is 0.369 e. The van der Waals surface area contributed by atoms with E-state index in [1.54, 1.807) is 12.3 Å². The Morgan fingerprint density at radius 1 is 1.60 bits per heavy atom. The zero-order chi connectivity index (χ0) is 11.3. The van der Waals surface area contributed by atoms with Gasteiger partial charge >= 0.3 is 0 Å². The molecular formula is C10H14ClN3O. The lowest BCUT2D eigenvalue weighted by atomic mass is 10.2. The summed E-state index contributed by atoms with van der Waals surface area (Å²) in [5, 5.41) is 0.469. The Hall–Kier alpha value is -1.13. The monoisotopic (exact) mass is 227 g/mol. The van der Waals surface area contributed by atoms with Crippen molar-refractivity contribution in [3.8, 4) is 0 Å². The second-order valence-corrected chi connectivity index (χ2v) is 3.65. The minimum absolute atomic E-state index is 0.263. The lowest BCUT2D eigenvalue weighted by Crippen LogP contribution is -2.33. The van der Waals surface area contributed by atoms with Crippen LogP contribution in [0.1, 0.15) is 12.5 Å². The Morgan fingerprint density at radius 2 is 2.33 bits per heavy atom. The number of nitrogens with two attached hydrogens (primary N) is 1. The number of likely N-dealkylation sites (N-methyl/N-ethyl adjacent to an activating group) is 1. The summed E-state index contributed by atoms with van der Waals surface area (Å²) < 4.78 is 0. The van der Waals surface area contributed by atoms with Crippen molar-refractivity contribution in [2.75, 3.05) is 13.1 Å². The SMILES string of the molecule is CCN(CC(N)=O)Cc1ccc(Cl)nc1. The van der Waals surface area contributed by atoms with E-state index in [0.717, 1.165) is 12.1 Å². The molecule has 0 aromatic carbocycles. The number of carbonyl (C=O) groups excluding carboxylic acids is 1. The summed E-state index contributed by atoms with van der Waals surface area (Å²) in [5.41, 5.74) is 6.15. The predicted octanol–water partition coefficient (Wildman–Crippen LogP) is 1.04. The summed E-state index contributed by atoms with van der Waals surface area (Å²) in [6.45, 7) is 3.67. The van der Waals surface area contributed by atoms with Gasteiger partial charge in [-0.15, -0.1) is 0 Å². The molecule has 0 saturated carbocycles. The summed E-state index contributed by atoms with van der Waals surface area (Å²) in [7, 11) is 0. The molecule has 1 aromatic rings. The van der Waals surface area contributed by atoms with Crippen molar-refractivity contribution in [3.05, 3.63) is 29.0 Å². The summed E-state index contributed by atoms with van der Waals surface area (Å²) in [6.07, 6.45) is 1.70. The normalized spacial score (nSPS) is 10.6. The van der Waals surface area contributed by atoms with Crippen LogP contribution in [0.15, 0.2) is 18.3 Å². The highest BCUT2D eigenvalue weighted by Crippen LogP contribution is 2.07. The molecule has 0 spiro atoms. The first kappa shape index (κ1) is 11.9. The van der Waals surface area contributed by atoms with E-state index >= 15 is 0 Å². The molecule has 0 aliphatic heterocycles. The van der Waals surface area contributed by atoms with E-state index < -0.39 is 0 Å². The second kappa shape index (κ2) is 5.68. The molecule has 1 heterocycles. The molecule has 4 nitrogen and oxygen atoms in total. The van der Waals surface area contributed by atoms with Gasteiger partial charge in [-0.3, -0.25) is 9.69 Å². The maximum Gasteiger partial charge on any atom is 0.231 e. The van der Waals surface area contributed by atoms with Gasteiger partial charge in [-0.05, 0) is 18.2 Å². The van der Waals surface area contributed by atoms with Gasteiger partial charge in [0.25, 0.3) is 0 Å². The van der Waals surface area contributed by atoms with Crippen molar-refractivity contribution < 1.29 is 4.79 Å². The van der Waals surface area contributed by atoms with Gasteiger partial charge in [0.15, 0.2) is 0 Å². The first-order valence-electron chi connectivity index (χ1n) is 4.73. The number of hydrogen-bond acceptors (Lipinski definition) is 3. The van der Waals surface area contributed by atoms with E-state index in [2.05, 4.69) is 4.98 Å². The summed E-state index contributed by atoms with van der Waals surface area (Å²) in [4.78, 5) is 16.7. The quantitative estimate of drug-likeness (QED) is 0.765. The Labute approximate surface area is 94.0 Å². The molecule has 15 heavy (non-hydrogen) atoms. The van der Waals surface area contributed by atoms with Crippen LogP contribution in [0.2, 0.25) is 5.15 Å².